The molecule has 3 aromatic rings. The number of nitro groups is 2. The molecule has 14 heteroatoms. The highest BCUT2D eigenvalue weighted by Gasteiger charge is 2.24. The van der Waals surface area contributed by atoms with E-state index in [9.17, 15) is 30.3 Å². The van der Waals surface area contributed by atoms with Gasteiger partial charge < -0.3 is 14.5 Å². The number of rotatable bonds is 7. The average molecular weight is 534 g/mol. The lowest BCUT2D eigenvalue weighted by Gasteiger charge is -2.14. The molecule has 0 saturated heterocycles. The number of methoxy groups -OCH3 is 1. The highest BCUT2D eigenvalue weighted by molar-refractivity contribution is 9.10. The number of benzene rings is 2. The summed E-state index contributed by atoms with van der Waals surface area (Å²) in [4.78, 5) is 39.8. The molecule has 12 nitrogen and oxygen atoms in total. The van der Waals surface area contributed by atoms with Crippen molar-refractivity contribution in [3.8, 4) is 34.6 Å². The highest BCUT2D eigenvalue weighted by Crippen LogP contribution is 2.44. The predicted octanol–water partition coefficient (Wildman–Crippen LogP) is 4.41. The zero-order chi connectivity index (χ0) is 24.3. The SMILES string of the molecule is COc1cc(-c2nc(SC)[nH]c(=O)c2C#N)cc(Br)c1Oc1ccc([N+](=O)[O-])cc1[N+](=O)[O-]. The summed E-state index contributed by atoms with van der Waals surface area (Å²) in [5.41, 5.74) is -1.44. The van der Waals surface area contributed by atoms with Crippen molar-refractivity contribution < 1.29 is 19.3 Å². The number of non-ortho nitro benzene ring substituents is 1. The van der Waals surface area contributed by atoms with Gasteiger partial charge in [0.25, 0.3) is 11.2 Å². The number of hydrogen-bond acceptors (Lipinski definition) is 10. The number of H-pyrrole nitrogens is 1. The minimum atomic E-state index is -0.805. The normalized spacial score (nSPS) is 10.4. The van der Waals surface area contributed by atoms with Crippen LogP contribution >= 0.6 is 27.7 Å². The summed E-state index contributed by atoms with van der Waals surface area (Å²) in [6, 6.07) is 7.74. The second kappa shape index (κ2) is 9.67. The van der Waals surface area contributed by atoms with Gasteiger partial charge in [-0.1, -0.05) is 11.8 Å². The van der Waals surface area contributed by atoms with Crippen LogP contribution in [0.4, 0.5) is 11.4 Å². The molecule has 1 aromatic heterocycles. The average Bonchev–Trinajstić information content (AvgIpc) is 2.79. The minimum Gasteiger partial charge on any atom is -0.493 e. The lowest BCUT2D eigenvalue weighted by Crippen LogP contribution is -2.14. The van der Waals surface area contributed by atoms with Gasteiger partial charge in [-0.05, 0) is 40.4 Å². The van der Waals surface area contributed by atoms with Crippen molar-refractivity contribution in [1.82, 2.24) is 9.97 Å². The molecule has 0 aliphatic carbocycles. The molecule has 2 aromatic carbocycles. The molecule has 33 heavy (non-hydrogen) atoms. The van der Waals surface area contributed by atoms with Crippen LogP contribution in [-0.2, 0) is 0 Å². The lowest BCUT2D eigenvalue weighted by molar-refractivity contribution is -0.394. The molecule has 3 rings (SSSR count). The van der Waals surface area contributed by atoms with E-state index >= 15 is 0 Å². The largest absolute Gasteiger partial charge is 0.493 e. The van der Waals surface area contributed by atoms with Gasteiger partial charge in [-0.25, -0.2) is 4.98 Å². The zero-order valence-electron chi connectivity index (χ0n) is 16.8. The Morgan fingerprint density at radius 3 is 2.48 bits per heavy atom. The summed E-state index contributed by atoms with van der Waals surface area (Å²) in [6.07, 6.45) is 1.71. The Morgan fingerprint density at radius 2 is 1.91 bits per heavy atom. The smallest absolute Gasteiger partial charge is 0.318 e. The van der Waals surface area contributed by atoms with Crippen molar-refractivity contribution in [2.45, 2.75) is 5.16 Å². The number of hydrogen-bond donors (Lipinski definition) is 1. The first kappa shape index (κ1) is 23.7. The van der Waals surface area contributed by atoms with E-state index in [2.05, 4.69) is 25.9 Å². The third-order valence-corrected chi connectivity index (χ3v) is 5.44. The van der Waals surface area contributed by atoms with Crippen molar-refractivity contribution in [3.63, 3.8) is 0 Å². The van der Waals surface area contributed by atoms with Crippen LogP contribution in [0.2, 0.25) is 0 Å². The summed E-state index contributed by atoms with van der Waals surface area (Å²) < 4.78 is 11.3. The summed E-state index contributed by atoms with van der Waals surface area (Å²) in [6.45, 7) is 0. The Morgan fingerprint density at radius 1 is 1.18 bits per heavy atom. The second-order valence-electron chi connectivity index (χ2n) is 6.17. The van der Waals surface area contributed by atoms with Crippen molar-refractivity contribution in [3.05, 3.63) is 71.0 Å². The van der Waals surface area contributed by atoms with E-state index in [0.29, 0.717) is 10.7 Å². The number of nitrogens with one attached hydrogen (secondary N) is 1. The van der Waals surface area contributed by atoms with Crippen LogP contribution in [0.3, 0.4) is 0 Å². The molecule has 0 fully saturated rings. The molecule has 0 aliphatic heterocycles. The van der Waals surface area contributed by atoms with E-state index in [1.165, 1.54) is 31.0 Å². The fourth-order valence-electron chi connectivity index (χ4n) is 2.78. The Labute approximate surface area is 197 Å². The van der Waals surface area contributed by atoms with E-state index < -0.39 is 26.8 Å². The Hall–Kier alpha value is -3.96. The van der Waals surface area contributed by atoms with E-state index in [1.54, 1.807) is 6.26 Å². The molecule has 0 aliphatic rings. The number of aromatic amines is 1. The Balaban J connectivity index is 2.15. The third kappa shape index (κ3) is 4.78. The first-order chi connectivity index (χ1) is 15.7. The van der Waals surface area contributed by atoms with Gasteiger partial charge in [0.1, 0.15) is 11.6 Å². The predicted molar refractivity (Wildman–Crippen MR) is 121 cm³/mol. The molecule has 0 atom stereocenters. The maximum absolute atomic E-state index is 12.2. The number of thioether (sulfide) groups is 1. The standard InChI is InChI=1S/C19H12BrN5O7S/c1-31-15-6-9(16-11(8-21)18(26)23-19(22-16)33-2)5-12(20)17(15)32-14-4-3-10(24(27)28)7-13(14)25(29)30/h3-7H,1-2H3,(H,22,23,26). The summed E-state index contributed by atoms with van der Waals surface area (Å²) >= 11 is 4.49. The van der Waals surface area contributed by atoms with Crippen LogP contribution in [-0.4, -0.2) is 33.2 Å². The molecular formula is C19H12BrN5O7S. The number of nitriles is 1. The van der Waals surface area contributed by atoms with Gasteiger partial charge >= 0.3 is 5.69 Å². The molecule has 168 valence electrons. The molecule has 0 radical (unpaired) electrons. The van der Waals surface area contributed by atoms with E-state index in [1.807, 2.05) is 6.07 Å². The number of halogens is 1. The Kier molecular flexibility index (Phi) is 6.95. The van der Waals surface area contributed by atoms with Crippen LogP contribution < -0.4 is 15.0 Å². The number of ether oxygens (including phenoxy) is 2. The molecular weight excluding hydrogens is 522 g/mol. The van der Waals surface area contributed by atoms with Crippen LogP contribution in [0.15, 0.2) is 44.8 Å². The third-order valence-electron chi connectivity index (χ3n) is 4.27. The van der Waals surface area contributed by atoms with Gasteiger partial charge in [-0.3, -0.25) is 25.0 Å². The first-order valence-corrected chi connectivity index (χ1v) is 10.8. The van der Waals surface area contributed by atoms with Gasteiger partial charge in [0.2, 0.25) is 5.75 Å². The number of nitro benzene ring substituents is 2. The van der Waals surface area contributed by atoms with Gasteiger partial charge in [0.05, 0.1) is 33.2 Å². The van der Waals surface area contributed by atoms with Crippen LogP contribution in [0.5, 0.6) is 17.2 Å². The summed E-state index contributed by atoms with van der Waals surface area (Å²) in [5, 5.41) is 32.1. The highest BCUT2D eigenvalue weighted by atomic mass is 79.9. The quantitative estimate of drug-likeness (QED) is 0.198. The van der Waals surface area contributed by atoms with E-state index in [-0.39, 0.29) is 33.0 Å². The first-order valence-electron chi connectivity index (χ1n) is 8.77. The zero-order valence-corrected chi connectivity index (χ0v) is 19.2. The topological polar surface area (TPSA) is 174 Å². The van der Waals surface area contributed by atoms with E-state index in [0.717, 1.165) is 18.2 Å². The van der Waals surface area contributed by atoms with Gasteiger partial charge in [-0.2, -0.15) is 5.26 Å². The van der Waals surface area contributed by atoms with Gasteiger partial charge in [-0.15, -0.1) is 0 Å². The number of aromatic nitrogens is 2. The van der Waals surface area contributed by atoms with Crippen molar-refractivity contribution in [1.29, 1.82) is 5.26 Å². The molecule has 0 bridgehead atoms. The van der Waals surface area contributed by atoms with Crippen molar-refractivity contribution in [2.24, 2.45) is 0 Å². The van der Waals surface area contributed by atoms with Crippen molar-refractivity contribution in [2.75, 3.05) is 13.4 Å². The molecule has 1 heterocycles. The fourth-order valence-corrected chi connectivity index (χ4v) is 3.68. The van der Waals surface area contributed by atoms with E-state index in [4.69, 9.17) is 9.47 Å². The fraction of sp³-hybridized carbons (Fsp3) is 0.105. The second-order valence-corrected chi connectivity index (χ2v) is 7.82. The monoisotopic (exact) mass is 533 g/mol. The van der Waals surface area contributed by atoms with Crippen LogP contribution in [0.1, 0.15) is 5.56 Å². The lowest BCUT2D eigenvalue weighted by atomic mass is 10.1. The van der Waals surface area contributed by atoms with Crippen LogP contribution in [0, 0.1) is 31.6 Å². The van der Waals surface area contributed by atoms with Gasteiger partial charge in [0, 0.05) is 11.6 Å². The summed E-state index contributed by atoms with van der Waals surface area (Å²) in [7, 11) is 1.33. The Bertz CT molecular complexity index is 1390. The minimum absolute atomic E-state index is 0.0339. The maximum atomic E-state index is 12.2. The maximum Gasteiger partial charge on any atom is 0.318 e. The molecule has 0 spiro atoms. The molecule has 0 saturated carbocycles. The molecule has 0 unspecified atom stereocenters. The molecule has 1 N–H and O–H groups in total. The van der Waals surface area contributed by atoms with Gasteiger partial charge in [0.15, 0.2) is 16.7 Å². The number of nitrogens with zero attached hydrogens (tertiary/aromatic N) is 4. The summed E-state index contributed by atoms with van der Waals surface area (Å²) in [5.74, 6) is -0.121. The van der Waals surface area contributed by atoms with Crippen molar-refractivity contribution >= 4 is 39.1 Å². The molecule has 0 amide bonds. The van der Waals surface area contributed by atoms with Crippen LogP contribution in [0.25, 0.3) is 11.3 Å².